The molecule has 1 aromatic carbocycles. The summed E-state index contributed by atoms with van der Waals surface area (Å²) >= 11 is 3.41. The molecule has 0 fully saturated rings. The summed E-state index contributed by atoms with van der Waals surface area (Å²) in [7, 11) is 0. The molecule has 106 valence electrons. The van der Waals surface area contributed by atoms with Crippen molar-refractivity contribution in [2.75, 3.05) is 13.1 Å². The molecule has 0 saturated carbocycles. The molecule has 0 aromatic heterocycles. The van der Waals surface area contributed by atoms with Crippen molar-refractivity contribution in [1.29, 1.82) is 0 Å². The van der Waals surface area contributed by atoms with Gasteiger partial charge in [-0.15, -0.1) is 0 Å². The van der Waals surface area contributed by atoms with Gasteiger partial charge in [0.2, 0.25) is 5.91 Å². The van der Waals surface area contributed by atoms with E-state index in [1.54, 1.807) is 23.1 Å². The highest BCUT2D eigenvalue weighted by Crippen LogP contribution is 2.14. The van der Waals surface area contributed by atoms with E-state index in [9.17, 15) is 9.59 Å². The zero-order valence-electron chi connectivity index (χ0n) is 10.9. The second kappa shape index (κ2) is 6.56. The molecular formula is C14H16BrN3O2. The van der Waals surface area contributed by atoms with E-state index in [1.165, 1.54) is 0 Å². The third kappa shape index (κ3) is 3.84. The minimum atomic E-state index is -0.469. The molecular weight excluding hydrogens is 322 g/mol. The monoisotopic (exact) mass is 337 g/mol. The number of amides is 3. The first-order chi connectivity index (χ1) is 9.56. The van der Waals surface area contributed by atoms with Crippen molar-refractivity contribution in [3.63, 3.8) is 0 Å². The van der Waals surface area contributed by atoms with Crippen LogP contribution in [0.5, 0.6) is 0 Å². The van der Waals surface area contributed by atoms with E-state index >= 15 is 0 Å². The maximum Gasteiger partial charge on any atom is 0.317 e. The molecule has 3 amide bonds. The van der Waals surface area contributed by atoms with Crippen molar-refractivity contribution in [2.45, 2.75) is 13.0 Å². The lowest BCUT2D eigenvalue weighted by molar-refractivity contribution is 0.1000. The van der Waals surface area contributed by atoms with Crippen LogP contribution in [0.3, 0.4) is 0 Å². The van der Waals surface area contributed by atoms with E-state index < -0.39 is 5.91 Å². The summed E-state index contributed by atoms with van der Waals surface area (Å²) in [5.74, 6) is -0.469. The number of halogens is 1. The number of hydrogen-bond acceptors (Lipinski definition) is 2. The summed E-state index contributed by atoms with van der Waals surface area (Å²) in [5, 5.41) is 2.84. The van der Waals surface area contributed by atoms with Gasteiger partial charge in [0.05, 0.1) is 6.54 Å². The molecule has 0 spiro atoms. The molecule has 0 radical (unpaired) electrons. The van der Waals surface area contributed by atoms with Gasteiger partial charge >= 0.3 is 6.03 Å². The normalized spacial score (nSPS) is 14.7. The molecule has 1 aromatic rings. The molecule has 0 unspecified atom stereocenters. The number of hydrogen-bond donors (Lipinski definition) is 2. The quantitative estimate of drug-likeness (QED) is 0.884. The van der Waals surface area contributed by atoms with Crippen molar-refractivity contribution in [3.8, 4) is 0 Å². The molecule has 3 N–H and O–H groups in total. The average molecular weight is 338 g/mol. The van der Waals surface area contributed by atoms with Gasteiger partial charge in [-0.2, -0.15) is 0 Å². The standard InChI is InChI=1S/C14H16BrN3O2/c15-12-5-2-6-18(9-12)14(20)17-8-10-3-1-4-11(7-10)13(16)19/h1,3-5,7H,2,6,8-9H2,(H2,16,19)(H,17,20). The van der Waals surface area contributed by atoms with Gasteiger partial charge in [0.1, 0.15) is 0 Å². The van der Waals surface area contributed by atoms with Crippen LogP contribution >= 0.6 is 15.9 Å². The molecule has 0 saturated heterocycles. The minimum absolute atomic E-state index is 0.112. The Labute approximate surface area is 125 Å². The number of rotatable bonds is 3. The minimum Gasteiger partial charge on any atom is -0.366 e. The fourth-order valence-electron chi connectivity index (χ4n) is 2.00. The number of carbonyl (C=O) groups is 2. The fourth-order valence-corrected chi connectivity index (χ4v) is 2.53. The molecule has 5 nitrogen and oxygen atoms in total. The van der Waals surface area contributed by atoms with E-state index in [-0.39, 0.29) is 6.03 Å². The van der Waals surface area contributed by atoms with Crippen molar-refractivity contribution in [2.24, 2.45) is 5.73 Å². The molecule has 20 heavy (non-hydrogen) atoms. The molecule has 0 atom stereocenters. The molecule has 1 aliphatic rings. The lowest BCUT2D eigenvalue weighted by Crippen LogP contribution is -2.42. The van der Waals surface area contributed by atoms with Crippen LogP contribution in [-0.2, 0) is 6.54 Å². The molecule has 1 heterocycles. The number of benzene rings is 1. The van der Waals surface area contributed by atoms with Crippen LogP contribution in [0.1, 0.15) is 22.3 Å². The van der Waals surface area contributed by atoms with Gasteiger partial charge in [-0.3, -0.25) is 4.79 Å². The van der Waals surface area contributed by atoms with Gasteiger partial charge < -0.3 is 16.0 Å². The Morgan fingerprint density at radius 3 is 2.90 bits per heavy atom. The third-order valence-electron chi connectivity index (χ3n) is 3.05. The average Bonchev–Trinajstić information content (AvgIpc) is 2.45. The third-order valence-corrected chi connectivity index (χ3v) is 3.62. The van der Waals surface area contributed by atoms with Crippen molar-refractivity contribution < 1.29 is 9.59 Å². The molecule has 0 bridgehead atoms. The maximum absolute atomic E-state index is 12.0. The van der Waals surface area contributed by atoms with Crippen LogP contribution in [0.2, 0.25) is 0 Å². The van der Waals surface area contributed by atoms with Crippen LogP contribution in [0, 0.1) is 0 Å². The van der Waals surface area contributed by atoms with Crippen LogP contribution in [-0.4, -0.2) is 29.9 Å². The molecule has 2 rings (SSSR count). The molecule has 0 aliphatic carbocycles. The molecule has 6 heteroatoms. The number of nitrogens with zero attached hydrogens (tertiary/aromatic N) is 1. The van der Waals surface area contributed by atoms with E-state index in [4.69, 9.17) is 5.73 Å². The van der Waals surface area contributed by atoms with Crippen LogP contribution in [0.4, 0.5) is 4.79 Å². The highest BCUT2D eigenvalue weighted by atomic mass is 79.9. The summed E-state index contributed by atoms with van der Waals surface area (Å²) in [6, 6.07) is 6.83. The van der Waals surface area contributed by atoms with E-state index in [1.807, 2.05) is 6.07 Å². The smallest absolute Gasteiger partial charge is 0.317 e. The lowest BCUT2D eigenvalue weighted by Gasteiger charge is -2.25. The summed E-state index contributed by atoms with van der Waals surface area (Å²) in [6.45, 7) is 1.67. The second-order valence-corrected chi connectivity index (χ2v) is 5.60. The first kappa shape index (κ1) is 14.6. The number of urea groups is 1. The van der Waals surface area contributed by atoms with Gasteiger partial charge in [0.25, 0.3) is 0 Å². The van der Waals surface area contributed by atoms with Crippen LogP contribution < -0.4 is 11.1 Å². The van der Waals surface area contributed by atoms with Crippen LogP contribution in [0.15, 0.2) is 34.8 Å². The van der Waals surface area contributed by atoms with Gasteiger partial charge in [-0.05, 0) is 24.1 Å². The largest absolute Gasteiger partial charge is 0.366 e. The van der Waals surface area contributed by atoms with E-state index in [2.05, 4.69) is 27.3 Å². The van der Waals surface area contributed by atoms with Crippen molar-refractivity contribution in [1.82, 2.24) is 10.2 Å². The Balaban J connectivity index is 1.92. The fraction of sp³-hybridized carbons (Fsp3) is 0.286. The predicted octanol–water partition coefficient (Wildman–Crippen LogP) is 1.98. The van der Waals surface area contributed by atoms with E-state index in [0.29, 0.717) is 25.2 Å². The zero-order valence-corrected chi connectivity index (χ0v) is 12.5. The first-order valence-electron chi connectivity index (χ1n) is 6.32. The summed E-state index contributed by atoms with van der Waals surface area (Å²) in [4.78, 5) is 24.8. The second-order valence-electron chi connectivity index (χ2n) is 4.58. The lowest BCUT2D eigenvalue weighted by atomic mass is 10.1. The topological polar surface area (TPSA) is 75.4 Å². The first-order valence-corrected chi connectivity index (χ1v) is 7.11. The van der Waals surface area contributed by atoms with Gasteiger partial charge in [0.15, 0.2) is 0 Å². The number of nitrogens with one attached hydrogen (secondary N) is 1. The number of nitrogens with two attached hydrogens (primary N) is 1. The SMILES string of the molecule is NC(=O)c1cccc(CNC(=O)N2CCC=C(Br)C2)c1. The maximum atomic E-state index is 12.0. The Morgan fingerprint density at radius 2 is 2.20 bits per heavy atom. The zero-order chi connectivity index (χ0) is 14.5. The summed E-state index contributed by atoms with van der Waals surface area (Å²) in [5.41, 5.74) is 6.52. The Hall–Kier alpha value is -1.82. The van der Waals surface area contributed by atoms with Gasteiger partial charge in [-0.1, -0.05) is 34.1 Å². The molecule has 1 aliphatic heterocycles. The van der Waals surface area contributed by atoms with Gasteiger partial charge in [-0.25, -0.2) is 4.79 Å². The predicted molar refractivity (Wildman–Crippen MR) is 80.4 cm³/mol. The number of primary amides is 1. The van der Waals surface area contributed by atoms with E-state index in [0.717, 1.165) is 16.5 Å². The summed E-state index contributed by atoms with van der Waals surface area (Å²) in [6.07, 6.45) is 2.92. The van der Waals surface area contributed by atoms with Crippen LogP contribution in [0.25, 0.3) is 0 Å². The Kier molecular flexibility index (Phi) is 4.79. The Morgan fingerprint density at radius 1 is 1.40 bits per heavy atom. The van der Waals surface area contributed by atoms with Crippen molar-refractivity contribution >= 4 is 27.9 Å². The Bertz CT molecular complexity index is 557. The van der Waals surface area contributed by atoms with Gasteiger partial charge in [0, 0.05) is 23.1 Å². The number of carbonyl (C=O) groups excluding carboxylic acids is 2. The van der Waals surface area contributed by atoms with Crippen molar-refractivity contribution in [3.05, 3.63) is 46.0 Å². The highest BCUT2D eigenvalue weighted by molar-refractivity contribution is 9.11. The summed E-state index contributed by atoms with van der Waals surface area (Å²) < 4.78 is 1.02. The highest BCUT2D eigenvalue weighted by Gasteiger charge is 2.16.